The highest BCUT2D eigenvalue weighted by Crippen LogP contribution is 2.43. The first-order chi connectivity index (χ1) is 8.71. The Hall–Kier alpha value is -0.0400. The lowest BCUT2D eigenvalue weighted by Crippen LogP contribution is -2.44. The van der Waals surface area contributed by atoms with E-state index < -0.39 is 0 Å². The molecule has 1 nitrogen and oxygen atoms in total. The van der Waals surface area contributed by atoms with Crippen LogP contribution in [0.25, 0.3) is 0 Å². The van der Waals surface area contributed by atoms with Gasteiger partial charge >= 0.3 is 0 Å². The molecule has 0 amide bonds. The summed E-state index contributed by atoms with van der Waals surface area (Å²) in [5.41, 5.74) is 0. The van der Waals surface area contributed by atoms with Crippen LogP contribution in [0.2, 0.25) is 0 Å². The Labute approximate surface area is 114 Å². The van der Waals surface area contributed by atoms with Gasteiger partial charge in [-0.3, -0.25) is 4.90 Å². The quantitative estimate of drug-likeness (QED) is 0.668. The standard InChI is InChI=1S/C17H33N/c1-5-8-16(13(4)6-2)15-11-14-9-10-18(12-15)17(14)7-3/h13-17H,5-12H2,1-4H3. The van der Waals surface area contributed by atoms with Crippen molar-refractivity contribution in [3.05, 3.63) is 0 Å². The van der Waals surface area contributed by atoms with Crippen molar-refractivity contribution in [2.75, 3.05) is 13.1 Å². The van der Waals surface area contributed by atoms with Crippen LogP contribution in [0.1, 0.15) is 66.2 Å². The first-order valence-electron chi connectivity index (χ1n) is 8.45. The van der Waals surface area contributed by atoms with Crippen LogP contribution in [0.3, 0.4) is 0 Å². The highest BCUT2D eigenvalue weighted by atomic mass is 15.2. The Bertz CT molecular complexity index is 236. The van der Waals surface area contributed by atoms with Gasteiger partial charge in [0.15, 0.2) is 0 Å². The summed E-state index contributed by atoms with van der Waals surface area (Å²) in [6, 6.07) is 0.931. The normalized spacial score (nSPS) is 38.7. The van der Waals surface area contributed by atoms with E-state index in [4.69, 9.17) is 0 Å². The van der Waals surface area contributed by atoms with Crippen LogP contribution < -0.4 is 0 Å². The fourth-order valence-electron chi connectivity index (χ4n) is 4.78. The minimum absolute atomic E-state index is 0.925. The van der Waals surface area contributed by atoms with E-state index in [1.54, 1.807) is 0 Å². The van der Waals surface area contributed by atoms with Crippen LogP contribution in [-0.2, 0) is 0 Å². The van der Waals surface area contributed by atoms with E-state index in [2.05, 4.69) is 32.6 Å². The van der Waals surface area contributed by atoms with Gasteiger partial charge in [0.25, 0.3) is 0 Å². The van der Waals surface area contributed by atoms with E-state index in [0.29, 0.717) is 0 Å². The molecular weight excluding hydrogens is 218 g/mol. The van der Waals surface area contributed by atoms with Gasteiger partial charge in [-0.05, 0) is 49.5 Å². The van der Waals surface area contributed by atoms with Gasteiger partial charge in [0.2, 0.25) is 0 Å². The molecule has 0 aromatic rings. The average Bonchev–Trinajstić information content (AvgIpc) is 2.64. The van der Waals surface area contributed by atoms with E-state index in [9.17, 15) is 0 Å². The molecule has 0 N–H and O–H groups in total. The predicted molar refractivity (Wildman–Crippen MR) is 79.7 cm³/mol. The topological polar surface area (TPSA) is 3.24 Å². The van der Waals surface area contributed by atoms with Crippen molar-refractivity contribution >= 4 is 0 Å². The number of hydrogen-bond donors (Lipinski definition) is 0. The molecule has 6 unspecified atom stereocenters. The molecule has 2 aliphatic rings. The molecule has 2 heterocycles. The van der Waals surface area contributed by atoms with Crippen molar-refractivity contribution in [2.24, 2.45) is 23.7 Å². The molecule has 18 heavy (non-hydrogen) atoms. The predicted octanol–water partition coefficient (Wildman–Crippen LogP) is 4.57. The second kappa shape index (κ2) is 6.41. The Kier molecular flexibility index (Phi) is 5.12. The zero-order chi connectivity index (χ0) is 13.1. The third kappa shape index (κ3) is 2.76. The molecular formula is C17H33N. The summed E-state index contributed by atoms with van der Waals surface area (Å²) in [6.07, 6.45) is 8.57. The van der Waals surface area contributed by atoms with Gasteiger partial charge < -0.3 is 0 Å². The lowest BCUT2D eigenvalue weighted by atomic mass is 9.71. The second-order valence-corrected chi connectivity index (χ2v) is 6.85. The smallest absolute Gasteiger partial charge is 0.0122 e. The molecule has 2 rings (SSSR count). The van der Waals surface area contributed by atoms with Crippen LogP contribution in [0.4, 0.5) is 0 Å². The third-order valence-corrected chi connectivity index (χ3v) is 5.90. The van der Waals surface area contributed by atoms with Crippen molar-refractivity contribution in [3.63, 3.8) is 0 Å². The number of rotatable bonds is 6. The molecule has 2 fully saturated rings. The number of piperidine rings is 1. The number of nitrogens with zero attached hydrogens (tertiary/aromatic N) is 1. The minimum atomic E-state index is 0.925. The molecule has 0 aromatic heterocycles. The van der Waals surface area contributed by atoms with Crippen molar-refractivity contribution < 1.29 is 0 Å². The SMILES string of the molecule is CCCC(C(C)CC)C1CC2CCN(C1)C2CC. The highest BCUT2D eigenvalue weighted by Gasteiger charge is 2.42. The summed E-state index contributed by atoms with van der Waals surface area (Å²) in [7, 11) is 0. The third-order valence-electron chi connectivity index (χ3n) is 5.90. The maximum atomic E-state index is 2.82. The Morgan fingerprint density at radius 1 is 1.22 bits per heavy atom. The fraction of sp³-hybridized carbons (Fsp3) is 1.00. The molecule has 2 aliphatic heterocycles. The van der Waals surface area contributed by atoms with E-state index in [1.165, 1.54) is 51.6 Å². The number of fused-ring (bicyclic) bond motifs is 2. The summed E-state index contributed by atoms with van der Waals surface area (Å²) in [5.74, 6) is 3.93. The van der Waals surface area contributed by atoms with Crippen molar-refractivity contribution in [3.8, 4) is 0 Å². The average molecular weight is 251 g/mol. The summed E-state index contributed by atoms with van der Waals surface area (Å²) in [6.45, 7) is 12.4. The number of hydrogen-bond acceptors (Lipinski definition) is 1. The maximum Gasteiger partial charge on any atom is 0.0122 e. The van der Waals surface area contributed by atoms with E-state index in [0.717, 1.165) is 29.7 Å². The molecule has 106 valence electrons. The van der Waals surface area contributed by atoms with Crippen molar-refractivity contribution in [1.82, 2.24) is 4.90 Å². The van der Waals surface area contributed by atoms with Gasteiger partial charge in [0.05, 0.1) is 0 Å². The molecule has 0 aliphatic carbocycles. The van der Waals surface area contributed by atoms with Gasteiger partial charge in [-0.15, -0.1) is 0 Å². The minimum Gasteiger partial charge on any atom is -0.300 e. The first-order valence-corrected chi connectivity index (χ1v) is 8.45. The molecule has 1 heteroatoms. The zero-order valence-corrected chi connectivity index (χ0v) is 13.0. The van der Waals surface area contributed by atoms with Crippen LogP contribution >= 0.6 is 0 Å². The first kappa shape index (κ1) is 14.4. The van der Waals surface area contributed by atoms with E-state index >= 15 is 0 Å². The lowest BCUT2D eigenvalue weighted by Gasteiger charge is -2.42. The lowest BCUT2D eigenvalue weighted by molar-refractivity contribution is 0.0682. The highest BCUT2D eigenvalue weighted by molar-refractivity contribution is 4.95. The second-order valence-electron chi connectivity index (χ2n) is 6.85. The summed E-state index contributed by atoms with van der Waals surface area (Å²) >= 11 is 0. The van der Waals surface area contributed by atoms with Crippen molar-refractivity contribution in [2.45, 2.75) is 72.3 Å². The molecule has 0 aromatic carbocycles. The Morgan fingerprint density at radius 2 is 2.00 bits per heavy atom. The van der Waals surface area contributed by atoms with E-state index in [1.807, 2.05) is 0 Å². The molecule has 6 atom stereocenters. The monoisotopic (exact) mass is 251 g/mol. The Balaban J connectivity index is 2.01. The molecule has 0 spiro atoms. The fourth-order valence-corrected chi connectivity index (χ4v) is 4.78. The maximum absolute atomic E-state index is 2.82. The van der Waals surface area contributed by atoms with Crippen molar-refractivity contribution in [1.29, 1.82) is 0 Å². The van der Waals surface area contributed by atoms with E-state index in [-0.39, 0.29) is 0 Å². The summed E-state index contributed by atoms with van der Waals surface area (Å²) < 4.78 is 0. The Morgan fingerprint density at radius 3 is 2.56 bits per heavy atom. The molecule has 0 saturated carbocycles. The van der Waals surface area contributed by atoms with Gasteiger partial charge in [0, 0.05) is 12.6 Å². The van der Waals surface area contributed by atoms with Gasteiger partial charge in [0.1, 0.15) is 0 Å². The summed E-state index contributed by atoms with van der Waals surface area (Å²) in [4.78, 5) is 2.82. The van der Waals surface area contributed by atoms with Crippen LogP contribution in [0.5, 0.6) is 0 Å². The zero-order valence-electron chi connectivity index (χ0n) is 13.0. The van der Waals surface area contributed by atoms with Crippen LogP contribution in [-0.4, -0.2) is 24.0 Å². The van der Waals surface area contributed by atoms with Crippen LogP contribution in [0, 0.1) is 23.7 Å². The van der Waals surface area contributed by atoms with Gasteiger partial charge in [-0.2, -0.15) is 0 Å². The molecule has 2 bridgehead atoms. The largest absolute Gasteiger partial charge is 0.300 e. The molecule has 0 radical (unpaired) electrons. The van der Waals surface area contributed by atoms with Gasteiger partial charge in [-0.1, -0.05) is 47.0 Å². The summed E-state index contributed by atoms with van der Waals surface area (Å²) in [5, 5.41) is 0. The van der Waals surface area contributed by atoms with Crippen LogP contribution in [0.15, 0.2) is 0 Å². The van der Waals surface area contributed by atoms with Gasteiger partial charge in [-0.25, -0.2) is 0 Å². The molecule has 2 saturated heterocycles.